The van der Waals surface area contributed by atoms with E-state index in [0.717, 1.165) is 11.3 Å². The molecule has 1 aliphatic heterocycles. The van der Waals surface area contributed by atoms with E-state index in [1.165, 1.54) is 42.5 Å². The van der Waals surface area contributed by atoms with Crippen molar-refractivity contribution in [3.63, 3.8) is 0 Å². The van der Waals surface area contributed by atoms with Crippen LogP contribution in [0.2, 0.25) is 0 Å². The van der Waals surface area contributed by atoms with Crippen molar-refractivity contribution >= 4 is 27.3 Å². The Bertz CT molecular complexity index is 1040. The predicted octanol–water partition coefficient (Wildman–Crippen LogP) is 4.01. The topological polar surface area (TPSA) is 87.7 Å². The normalized spacial score (nSPS) is 18.3. The Balaban J connectivity index is 1.45. The Kier molecular flexibility index (Phi) is 7.13. The van der Waals surface area contributed by atoms with Gasteiger partial charge in [0.2, 0.25) is 10.0 Å². The Labute approximate surface area is 190 Å². The van der Waals surface area contributed by atoms with Gasteiger partial charge in [0.25, 0.3) is 5.91 Å². The maximum Gasteiger partial charge on any atom is 0.255 e. The number of morpholine rings is 1. The van der Waals surface area contributed by atoms with Gasteiger partial charge in [-0.25, -0.2) is 8.42 Å². The van der Waals surface area contributed by atoms with Crippen molar-refractivity contribution in [3.8, 4) is 0 Å². The van der Waals surface area contributed by atoms with Crippen LogP contribution in [0.4, 0.5) is 11.4 Å². The molecule has 2 fully saturated rings. The summed E-state index contributed by atoms with van der Waals surface area (Å²) in [4.78, 5) is 13.1. The van der Waals surface area contributed by atoms with Crippen LogP contribution in [0.15, 0.2) is 47.4 Å². The van der Waals surface area contributed by atoms with E-state index in [-0.39, 0.29) is 10.8 Å². The third-order valence-corrected chi connectivity index (χ3v) is 8.07. The highest BCUT2D eigenvalue weighted by molar-refractivity contribution is 7.89. The van der Waals surface area contributed by atoms with E-state index in [9.17, 15) is 13.2 Å². The van der Waals surface area contributed by atoms with Gasteiger partial charge in [-0.05, 0) is 61.7 Å². The number of benzene rings is 2. The summed E-state index contributed by atoms with van der Waals surface area (Å²) in [7, 11) is -3.66. The van der Waals surface area contributed by atoms with E-state index >= 15 is 0 Å². The molecule has 1 aliphatic carbocycles. The highest BCUT2D eigenvalue weighted by Gasteiger charge is 2.27. The lowest BCUT2D eigenvalue weighted by molar-refractivity contribution is 0.0730. The average Bonchev–Trinajstić information content (AvgIpc) is 2.82. The zero-order chi connectivity index (χ0) is 22.6. The molecule has 7 nitrogen and oxygen atoms in total. The number of hydrogen-bond donors (Lipinski definition) is 2. The fraction of sp³-hybridized carbons (Fsp3) is 0.458. The standard InChI is InChI=1S/C24H31N3O4S/c1-18-7-12-22(32(29,30)27-13-15-31-16-14-27)17-23(18)24(28)26-21-10-8-20(9-11-21)25-19-5-3-2-4-6-19/h7-12,17,19,25H,2-6,13-16H2,1H3,(H,26,28). The fourth-order valence-electron chi connectivity index (χ4n) is 4.27. The van der Waals surface area contributed by atoms with Gasteiger partial charge in [0.05, 0.1) is 18.1 Å². The van der Waals surface area contributed by atoms with Crippen molar-refractivity contribution in [2.75, 3.05) is 36.9 Å². The first kappa shape index (κ1) is 22.8. The number of hydrogen-bond acceptors (Lipinski definition) is 5. The summed E-state index contributed by atoms with van der Waals surface area (Å²) in [5.41, 5.74) is 2.79. The first-order valence-electron chi connectivity index (χ1n) is 11.3. The van der Waals surface area contributed by atoms with E-state index in [4.69, 9.17) is 4.74 Å². The lowest BCUT2D eigenvalue weighted by Crippen LogP contribution is -2.40. The van der Waals surface area contributed by atoms with Gasteiger partial charge in [-0.1, -0.05) is 25.3 Å². The molecule has 1 heterocycles. The van der Waals surface area contributed by atoms with E-state index in [0.29, 0.717) is 43.6 Å². The summed E-state index contributed by atoms with van der Waals surface area (Å²) in [6.45, 7) is 3.20. The van der Waals surface area contributed by atoms with Gasteiger partial charge in [0.15, 0.2) is 0 Å². The fourth-order valence-corrected chi connectivity index (χ4v) is 5.71. The molecule has 0 bridgehead atoms. The molecule has 32 heavy (non-hydrogen) atoms. The molecule has 2 aromatic carbocycles. The second kappa shape index (κ2) is 10.0. The second-order valence-electron chi connectivity index (χ2n) is 8.50. The summed E-state index contributed by atoms with van der Waals surface area (Å²) in [6.07, 6.45) is 6.25. The number of rotatable bonds is 6. The monoisotopic (exact) mass is 457 g/mol. The summed E-state index contributed by atoms with van der Waals surface area (Å²) in [5, 5.41) is 6.46. The Morgan fingerprint density at radius 3 is 2.31 bits per heavy atom. The van der Waals surface area contributed by atoms with Gasteiger partial charge in [-0.15, -0.1) is 0 Å². The second-order valence-corrected chi connectivity index (χ2v) is 10.4. The number of carbonyl (C=O) groups excluding carboxylic acids is 1. The zero-order valence-electron chi connectivity index (χ0n) is 18.5. The summed E-state index contributed by atoms with van der Waals surface area (Å²) >= 11 is 0. The average molecular weight is 458 g/mol. The van der Waals surface area contributed by atoms with Crippen molar-refractivity contribution in [3.05, 3.63) is 53.6 Å². The molecule has 0 radical (unpaired) electrons. The zero-order valence-corrected chi connectivity index (χ0v) is 19.3. The van der Waals surface area contributed by atoms with Crippen LogP contribution >= 0.6 is 0 Å². The molecule has 4 rings (SSSR count). The SMILES string of the molecule is Cc1ccc(S(=O)(=O)N2CCOCC2)cc1C(=O)Nc1ccc(NC2CCCCC2)cc1. The maximum atomic E-state index is 13.0. The molecule has 1 saturated heterocycles. The largest absolute Gasteiger partial charge is 0.382 e. The number of carbonyl (C=O) groups is 1. The number of aryl methyl sites for hydroxylation is 1. The minimum atomic E-state index is -3.66. The minimum absolute atomic E-state index is 0.127. The Hall–Kier alpha value is -2.42. The van der Waals surface area contributed by atoms with Gasteiger partial charge >= 0.3 is 0 Å². The van der Waals surface area contributed by atoms with Gasteiger partial charge < -0.3 is 15.4 Å². The number of nitrogens with zero attached hydrogens (tertiary/aromatic N) is 1. The van der Waals surface area contributed by atoms with Crippen LogP contribution in [0.3, 0.4) is 0 Å². The Morgan fingerprint density at radius 1 is 0.969 bits per heavy atom. The molecule has 0 atom stereocenters. The molecule has 2 aliphatic rings. The first-order valence-corrected chi connectivity index (χ1v) is 12.7. The quantitative estimate of drug-likeness (QED) is 0.684. The predicted molar refractivity (Wildman–Crippen MR) is 126 cm³/mol. The number of anilines is 2. The van der Waals surface area contributed by atoms with Crippen molar-refractivity contribution in [1.29, 1.82) is 0 Å². The van der Waals surface area contributed by atoms with Crippen molar-refractivity contribution in [2.24, 2.45) is 0 Å². The van der Waals surface area contributed by atoms with Crippen molar-refractivity contribution in [1.82, 2.24) is 4.31 Å². The number of nitrogens with one attached hydrogen (secondary N) is 2. The summed E-state index contributed by atoms with van der Waals surface area (Å²) in [5.74, 6) is -0.325. The molecule has 1 amide bonds. The maximum absolute atomic E-state index is 13.0. The van der Waals surface area contributed by atoms with Crippen molar-refractivity contribution in [2.45, 2.75) is 50.0 Å². The van der Waals surface area contributed by atoms with Crippen LogP contribution in [0, 0.1) is 6.92 Å². The highest BCUT2D eigenvalue weighted by Crippen LogP contribution is 2.24. The van der Waals surface area contributed by atoms with Crippen LogP contribution in [0.5, 0.6) is 0 Å². The van der Waals surface area contributed by atoms with Gasteiger partial charge in [0, 0.05) is 36.1 Å². The highest BCUT2D eigenvalue weighted by atomic mass is 32.2. The molecule has 2 N–H and O–H groups in total. The van der Waals surface area contributed by atoms with E-state index in [1.807, 2.05) is 24.3 Å². The van der Waals surface area contributed by atoms with Gasteiger partial charge in [0.1, 0.15) is 0 Å². The third kappa shape index (κ3) is 5.31. The molecule has 0 spiro atoms. The smallest absolute Gasteiger partial charge is 0.255 e. The van der Waals surface area contributed by atoms with E-state index < -0.39 is 10.0 Å². The van der Waals surface area contributed by atoms with Crippen LogP contribution in [0.1, 0.15) is 48.0 Å². The molecular weight excluding hydrogens is 426 g/mol. The lowest BCUT2D eigenvalue weighted by atomic mass is 9.95. The third-order valence-electron chi connectivity index (χ3n) is 6.18. The van der Waals surface area contributed by atoms with Gasteiger partial charge in [-0.2, -0.15) is 4.31 Å². The van der Waals surface area contributed by atoms with Crippen LogP contribution in [-0.2, 0) is 14.8 Å². The molecule has 2 aromatic rings. The van der Waals surface area contributed by atoms with Gasteiger partial charge in [-0.3, -0.25) is 4.79 Å². The number of amides is 1. The molecule has 172 valence electrons. The number of ether oxygens (including phenoxy) is 1. The molecule has 8 heteroatoms. The van der Waals surface area contributed by atoms with Crippen molar-refractivity contribution < 1.29 is 17.9 Å². The van der Waals surface area contributed by atoms with E-state index in [2.05, 4.69) is 10.6 Å². The Morgan fingerprint density at radius 2 is 1.62 bits per heavy atom. The summed E-state index contributed by atoms with van der Waals surface area (Å²) in [6, 6.07) is 12.9. The van der Waals surface area contributed by atoms with Crippen LogP contribution in [-0.4, -0.2) is 51.0 Å². The van der Waals surface area contributed by atoms with Crippen LogP contribution < -0.4 is 10.6 Å². The number of sulfonamides is 1. The summed E-state index contributed by atoms with van der Waals surface area (Å²) < 4.78 is 32.6. The minimum Gasteiger partial charge on any atom is -0.382 e. The molecular formula is C24H31N3O4S. The molecule has 0 unspecified atom stereocenters. The van der Waals surface area contributed by atoms with Crippen LogP contribution in [0.25, 0.3) is 0 Å². The van der Waals surface area contributed by atoms with E-state index in [1.54, 1.807) is 19.1 Å². The lowest BCUT2D eigenvalue weighted by Gasteiger charge is -2.26. The molecule has 1 saturated carbocycles. The first-order chi connectivity index (χ1) is 15.4. The molecule has 0 aromatic heterocycles.